The number of morpholine rings is 1. The molecule has 0 radical (unpaired) electrons. The Kier molecular flexibility index (Phi) is 4.92. The number of benzene rings is 1. The average molecular weight is 395 g/mol. The number of anilines is 1. The molecule has 0 N–H and O–H groups in total. The second-order valence-corrected chi connectivity index (χ2v) is 6.68. The summed E-state index contributed by atoms with van der Waals surface area (Å²) in [6.07, 6.45) is -1.03. The van der Waals surface area contributed by atoms with Gasteiger partial charge < -0.3 is 9.64 Å². The highest BCUT2D eigenvalue weighted by atomic mass is 32.2. The monoisotopic (exact) mass is 395 g/mol. The first-order valence-corrected chi connectivity index (χ1v) is 9.51. The Labute approximate surface area is 157 Å². The third-order valence-corrected chi connectivity index (χ3v) is 4.81. The molecule has 10 heteroatoms. The number of imidazole rings is 1. The van der Waals surface area contributed by atoms with Crippen LogP contribution in [-0.4, -0.2) is 52.1 Å². The third-order valence-electron chi connectivity index (χ3n) is 4.26. The van der Waals surface area contributed by atoms with Crippen molar-refractivity contribution >= 4 is 28.6 Å². The van der Waals surface area contributed by atoms with Crippen molar-refractivity contribution in [2.75, 3.05) is 37.5 Å². The first-order valence-electron chi connectivity index (χ1n) is 8.29. The van der Waals surface area contributed by atoms with Gasteiger partial charge in [0.2, 0.25) is 0 Å². The number of nitrogens with zero attached hydrogens (tertiary/aromatic N) is 5. The maximum absolute atomic E-state index is 13.8. The van der Waals surface area contributed by atoms with Gasteiger partial charge in [0.05, 0.1) is 24.2 Å². The van der Waals surface area contributed by atoms with Crippen LogP contribution in [0.1, 0.15) is 12.2 Å². The van der Waals surface area contributed by atoms with Gasteiger partial charge in [-0.15, -0.1) is 0 Å². The van der Waals surface area contributed by atoms with E-state index in [1.165, 1.54) is 34.5 Å². The van der Waals surface area contributed by atoms with Crippen LogP contribution < -0.4 is 4.90 Å². The molecule has 0 aliphatic carbocycles. The zero-order valence-electron chi connectivity index (χ0n) is 14.4. The maximum atomic E-state index is 13.8. The maximum Gasteiger partial charge on any atom is 0.296 e. The lowest BCUT2D eigenvalue weighted by Gasteiger charge is -2.28. The molecule has 0 unspecified atom stereocenters. The quantitative estimate of drug-likeness (QED) is 0.498. The molecule has 4 rings (SSSR count). The van der Waals surface area contributed by atoms with E-state index in [1.54, 1.807) is 6.07 Å². The van der Waals surface area contributed by atoms with E-state index in [9.17, 15) is 13.2 Å². The minimum atomic E-state index is -2.83. The van der Waals surface area contributed by atoms with Crippen LogP contribution in [0.25, 0.3) is 16.9 Å². The normalized spacial score (nSPS) is 15.1. The summed E-state index contributed by atoms with van der Waals surface area (Å²) >= 11 is 1.31. The van der Waals surface area contributed by atoms with E-state index in [4.69, 9.17) is 4.74 Å². The van der Waals surface area contributed by atoms with Gasteiger partial charge in [0.25, 0.3) is 6.43 Å². The lowest BCUT2D eigenvalue weighted by Crippen LogP contribution is -2.37. The fraction of sp³-hybridized carbons (Fsp3) is 0.353. The summed E-state index contributed by atoms with van der Waals surface area (Å²) < 4.78 is 47.6. The van der Waals surface area contributed by atoms with E-state index in [0.717, 1.165) is 0 Å². The van der Waals surface area contributed by atoms with Crippen molar-refractivity contribution in [1.82, 2.24) is 19.5 Å². The summed E-state index contributed by atoms with van der Waals surface area (Å²) in [6.45, 7) is 2.42. The van der Waals surface area contributed by atoms with Crippen LogP contribution in [0.15, 0.2) is 29.4 Å². The number of fused-ring (bicyclic) bond motifs is 1. The molecule has 0 amide bonds. The number of alkyl halides is 2. The molecule has 6 nitrogen and oxygen atoms in total. The minimum absolute atomic E-state index is 0.235. The molecule has 3 heterocycles. The smallest absolute Gasteiger partial charge is 0.296 e. The second kappa shape index (κ2) is 7.35. The van der Waals surface area contributed by atoms with E-state index in [2.05, 4.69) is 15.0 Å². The van der Waals surface area contributed by atoms with Gasteiger partial charge in [-0.05, 0) is 18.4 Å². The Hall–Kier alpha value is -2.33. The van der Waals surface area contributed by atoms with Crippen LogP contribution in [0.4, 0.5) is 19.0 Å². The van der Waals surface area contributed by atoms with Gasteiger partial charge in [0, 0.05) is 25.2 Å². The number of aromatic nitrogens is 4. The first kappa shape index (κ1) is 18.1. The number of hydrogen-bond acceptors (Lipinski definition) is 6. The average Bonchev–Trinajstić information content (AvgIpc) is 3.07. The molecule has 27 heavy (non-hydrogen) atoms. The number of rotatable bonds is 4. The van der Waals surface area contributed by atoms with Crippen LogP contribution in [-0.2, 0) is 4.74 Å². The minimum Gasteiger partial charge on any atom is -0.378 e. The van der Waals surface area contributed by atoms with Gasteiger partial charge >= 0.3 is 0 Å². The Morgan fingerprint density at radius 1 is 1.07 bits per heavy atom. The molecule has 1 saturated heterocycles. The summed E-state index contributed by atoms with van der Waals surface area (Å²) in [5.74, 6) is -0.156. The van der Waals surface area contributed by atoms with Gasteiger partial charge in [0.1, 0.15) is 17.5 Å². The summed E-state index contributed by atoms with van der Waals surface area (Å²) in [7, 11) is 0. The van der Waals surface area contributed by atoms with Crippen molar-refractivity contribution in [1.29, 1.82) is 0 Å². The van der Waals surface area contributed by atoms with E-state index >= 15 is 0 Å². The van der Waals surface area contributed by atoms with Crippen molar-refractivity contribution in [2.45, 2.75) is 11.6 Å². The Bertz CT molecular complexity index is 975. The lowest BCUT2D eigenvalue weighted by atomic mass is 10.3. The molecule has 2 aromatic heterocycles. The molecule has 142 valence electrons. The van der Waals surface area contributed by atoms with Crippen LogP contribution in [0, 0.1) is 5.82 Å². The van der Waals surface area contributed by atoms with Gasteiger partial charge in [0.15, 0.2) is 11.0 Å². The molecule has 3 aromatic rings. The predicted molar refractivity (Wildman–Crippen MR) is 96.4 cm³/mol. The number of thioether (sulfide) groups is 1. The molecule has 0 bridgehead atoms. The molecule has 1 aliphatic heterocycles. The highest BCUT2D eigenvalue weighted by Gasteiger charge is 2.23. The summed E-state index contributed by atoms with van der Waals surface area (Å²) in [5.41, 5.74) is 0.521. The van der Waals surface area contributed by atoms with Crippen LogP contribution in [0.2, 0.25) is 0 Å². The van der Waals surface area contributed by atoms with Crippen LogP contribution >= 0.6 is 11.8 Å². The van der Waals surface area contributed by atoms with Crippen molar-refractivity contribution in [3.8, 4) is 5.82 Å². The highest BCUT2D eigenvalue weighted by molar-refractivity contribution is 7.98. The van der Waals surface area contributed by atoms with E-state index in [-0.39, 0.29) is 16.9 Å². The summed E-state index contributed by atoms with van der Waals surface area (Å²) in [4.78, 5) is 14.8. The van der Waals surface area contributed by atoms with Gasteiger partial charge in [-0.2, -0.15) is 0 Å². The molecule has 0 spiro atoms. The standard InChI is InChI=1S/C17H16F3N5OS/c1-27-17-22-13(24-4-6-26-7-5-24)9-14(23-17)25-12-8-10(18)2-3-11(12)21-16(25)15(19)20/h2-3,8-9,15H,4-7H2,1H3. The molecule has 0 atom stereocenters. The Balaban J connectivity index is 1.92. The molecule has 1 aliphatic rings. The Morgan fingerprint density at radius 3 is 2.52 bits per heavy atom. The van der Waals surface area contributed by atoms with Crippen LogP contribution in [0.3, 0.4) is 0 Å². The molecule has 1 aromatic carbocycles. The van der Waals surface area contributed by atoms with Gasteiger partial charge in [-0.1, -0.05) is 11.8 Å². The van der Waals surface area contributed by atoms with E-state index < -0.39 is 18.1 Å². The zero-order chi connectivity index (χ0) is 19.0. The lowest BCUT2D eigenvalue weighted by molar-refractivity contribution is 0.122. The van der Waals surface area contributed by atoms with Gasteiger partial charge in [-0.25, -0.2) is 28.1 Å². The zero-order valence-corrected chi connectivity index (χ0v) is 15.2. The third kappa shape index (κ3) is 3.46. The van der Waals surface area contributed by atoms with E-state index in [1.807, 2.05) is 11.2 Å². The fourth-order valence-corrected chi connectivity index (χ4v) is 3.39. The summed E-state index contributed by atoms with van der Waals surface area (Å²) in [5, 5.41) is 0.437. The van der Waals surface area contributed by atoms with Crippen molar-refractivity contribution in [2.24, 2.45) is 0 Å². The molecule has 0 saturated carbocycles. The fourth-order valence-electron chi connectivity index (χ4n) is 3.02. The number of ether oxygens (including phenoxy) is 1. The first-order chi connectivity index (χ1) is 13.1. The van der Waals surface area contributed by atoms with Crippen molar-refractivity contribution in [3.05, 3.63) is 35.9 Å². The molecular formula is C17H16F3N5OS. The topological polar surface area (TPSA) is 56.1 Å². The van der Waals surface area contributed by atoms with Crippen molar-refractivity contribution < 1.29 is 17.9 Å². The van der Waals surface area contributed by atoms with Crippen LogP contribution in [0.5, 0.6) is 0 Å². The Morgan fingerprint density at radius 2 is 1.81 bits per heavy atom. The molecular weight excluding hydrogens is 379 g/mol. The number of halogens is 3. The van der Waals surface area contributed by atoms with E-state index in [0.29, 0.717) is 37.3 Å². The van der Waals surface area contributed by atoms with Gasteiger partial charge in [-0.3, -0.25) is 4.57 Å². The summed E-state index contributed by atoms with van der Waals surface area (Å²) in [6, 6.07) is 5.39. The van der Waals surface area contributed by atoms with Crippen molar-refractivity contribution in [3.63, 3.8) is 0 Å². The second-order valence-electron chi connectivity index (χ2n) is 5.91. The SMILES string of the molecule is CSc1nc(N2CCOCC2)cc(-n2c(C(F)F)nc3ccc(F)cc32)n1. The number of hydrogen-bond donors (Lipinski definition) is 0. The largest absolute Gasteiger partial charge is 0.378 e. The predicted octanol–water partition coefficient (Wildman–Crippen LogP) is 3.45. The molecule has 1 fully saturated rings. The highest BCUT2D eigenvalue weighted by Crippen LogP contribution is 2.30.